The quantitative estimate of drug-likeness (QED) is 0.210. The van der Waals surface area contributed by atoms with E-state index in [0.717, 1.165) is 37.3 Å². The first-order valence-electron chi connectivity index (χ1n) is 12.1. The first-order valence-corrected chi connectivity index (χ1v) is 15.0. The van der Waals surface area contributed by atoms with Crippen molar-refractivity contribution in [2.45, 2.75) is 15.7 Å². The van der Waals surface area contributed by atoms with E-state index in [4.69, 9.17) is 19.4 Å². The summed E-state index contributed by atoms with van der Waals surface area (Å²) in [6.45, 7) is 0. The third-order valence-electron chi connectivity index (χ3n) is 6.31. The van der Waals surface area contributed by atoms with Crippen LogP contribution >= 0.6 is 0 Å². The molecule has 0 saturated heterocycles. The number of carbonyl (C=O) groups excluding carboxylic acids is 2. The fourth-order valence-electron chi connectivity index (χ4n) is 4.42. The number of nitrogens with zero attached hydrogens (tertiary/aromatic N) is 2. The number of allylic oxidation sites excluding steroid dienone is 1. The monoisotopic (exact) mass is 625 g/mol. The van der Waals surface area contributed by atoms with Gasteiger partial charge in [-0.05, 0) is 35.9 Å². The average Bonchev–Trinajstić information content (AvgIpc) is 3.00. The summed E-state index contributed by atoms with van der Waals surface area (Å²) >= 11 is 0. The van der Waals surface area contributed by atoms with Gasteiger partial charge in [-0.15, -0.1) is 0 Å². The van der Waals surface area contributed by atoms with Crippen LogP contribution < -0.4 is 14.8 Å². The van der Waals surface area contributed by atoms with Crippen LogP contribution in [0.1, 0.15) is 11.5 Å². The van der Waals surface area contributed by atoms with Crippen LogP contribution in [0.25, 0.3) is 0 Å². The maximum Gasteiger partial charge on any atom is 0.355 e. The topological polar surface area (TPSA) is 203 Å². The number of hydrogen-bond donors (Lipinski definition) is 2. The Kier molecular flexibility index (Phi) is 8.57. The molecule has 0 aromatic heterocycles. The number of nitrogens with two attached hydrogens (primary N) is 1. The number of rotatable bonds is 8. The molecular formula is C28H23N3O10S2. The maximum atomic E-state index is 13.4. The molecule has 0 fully saturated rings. The molecule has 1 heterocycles. The van der Waals surface area contributed by atoms with Crippen molar-refractivity contribution in [1.82, 2.24) is 0 Å². The summed E-state index contributed by atoms with van der Waals surface area (Å²) in [6, 6.07) is 19.4. The van der Waals surface area contributed by atoms with Crippen LogP contribution in [0.4, 0.5) is 5.69 Å². The van der Waals surface area contributed by atoms with E-state index in [1.165, 1.54) is 24.3 Å². The Bertz CT molecular complexity index is 1920. The molecule has 0 radical (unpaired) electrons. The first kappa shape index (κ1) is 30.8. The summed E-state index contributed by atoms with van der Waals surface area (Å²) < 4.78 is 75.6. The molecule has 0 saturated carbocycles. The lowest BCUT2D eigenvalue weighted by Gasteiger charge is -2.36. The molecule has 0 amide bonds. The van der Waals surface area contributed by atoms with E-state index in [1.54, 1.807) is 36.4 Å². The first-order chi connectivity index (χ1) is 20.3. The molecule has 3 aromatic carbocycles. The van der Waals surface area contributed by atoms with E-state index in [2.05, 4.69) is 0 Å². The maximum absolute atomic E-state index is 13.4. The number of benzene rings is 3. The number of methoxy groups -OCH3 is 2. The summed E-state index contributed by atoms with van der Waals surface area (Å²) in [6.07, 6.45) is 0. The van der Waals surface area contributed by atoms with E-state index in [-0.39, 0.29) is 10.5 Å². The second-order valence-electron chi connectivity index (χ2n) is 8.79. The lowest BCUT2D eigenvalue weighted by molar-refractivity contribution is -0.139. The zero-order valence-electron chi connectivity index (χ0n) is 22.5. The van der Waals surface area contributed by atoms with E-state index in [9.17, 15) is 36.2 Å². The highest BCUT2D eigenvalue weighted by Crippen LogP contribution is 2.46. The van der Waals surface area contributed by atoms with Crippen molar-refractivity contribution in [1.29, 1.82) is 5.26 Å². The van der Waals surface area contributed by atoms with E-state index < -0.39 is 71.5 Å². The number of ether oxygens (including phenoxy) is 2. The van der Waals surface area contributed by atoms with Gasteiger partial charge in [0.15, 0.2) is 5.75 Å². The number of nitriles is 1. The van der Waals surface area contributed by atoms with Crippen LogP contribution in [0.5, 0.6) is 5.75 Å². The molecule has 0 bridgehead atoms. The minimum Gasteiger partial charge on any atom is -0.466 e. The van der Waals surface area contributed by atoms with Crippen molar-refractivity contribution in [2.24, 2.45) is 5.73 Å². The van der Waals surface area contributed by atoms with Gasteiger partial charge < -0.3 is 19.4 Å². The summed E-state index contributed by atoms with van der Waals surface area (Å²) in [7, 11) is -7.47. The fraction of sp³-hybridized carbons (Fsp3) is 0.107. The summed E-state index contributed by atoms with van der Waals surface area (Å²) in [4.78, 5) is 26.4. The normalized spacial score (nSPS) is 15.5. The molecule has 1 aliphatic heterocycles. The highest BCUT2D eigenvalue weighted by Gasteiger charge is 2.44. The van der Waals surface area contributed by atoms with Gasteiger partial charge in [0.2, 0.25) is 0 Å². The molecule has 0 spiro atoms. The Balaban J connectivity index is 2.11. The van der Waals surface area contributed by atoms with Crippen LogP contribution in [0.2, 0.25) is 0 Å². The fourth-order valence-corrected chi connectivity index (χ4v) is 5.88. The zero-order valence-corrected chi connectivity index (χ0v) is 24.1. The summed E-state index contributed by atoms with van der Waals surface area (Å²) in [5.41, 5.74) is 4.92. The molecule has 13 nitrogen and oxygen atoms in total. The predicted octanol–water partition coefficient (Wildman–Crippen LogP) is 2.60. The molecule has 1 aliphatic rings. The highest BCUT2D eigenvalue weighted by atomic mass is 32.2. The lowest BCUT2D eigenvalue weighted by Crippen LogP contribution is -2.41. The molecule has 43 heavy (non-hydrogen) atoms. The molecule has 1 atom stereocenters. The van der Waals surface area contributed by atoms with Gasteiger partial charge in [0.1, 0.15) is 16.4 Å². The molecule has 3 N–H and O–H groups in total. The highest BCUT2D eigenvalue weighted by molar-refractivity contribution is 7.87. The number of carbonyl (C=O) groups is 2. The number of esters is 2. The Labute approximate surface area is 246 Å². The van der Waals surface area contributed by atoms with Crippen molar-refractivity contribution in [3.05, 3.63) is 107 Å². The lowest BCUT2D eigenvalue weighted by atomic mass is 9.81. The van der Waals surface area contributed by atoms with Crippen molar-refractivity contribution >= 4 is 37.9 Å². The van der Waals surface area contributed by atoms with Gasteiger partial charge in [-0.3, -0.25) is 9.45 Å². The Morgan fingerprint density at radius 2 is 1.47 bits per heavy atom. The van der Waals surface area contributed by atoms with Gasteiger partial charge in [-0.25, -0.2) is 9.59 Å². The molecule has 0 aliphatic carbocycles. The van der Waals surface area contributed by atoms with Crippen molar-refractivity contribution < 1.29 is 44.6 Å². The van der Waals surface area contributed by atoms with Crippen LogP contribution in [0.3, 0.4) is 0 Å². The molecule has 4 rings (SSSR count). The Morgan fingerprint density at radius 3 is 2.00 bits per heavy atom. The number of hydrogen-bond acceptors (Lipinski definition) is 12. The van der Waals surface area contributed by atoms with Gasteiger partial charge >= 0.3 is 22.1 Å². The minimum absolute atomic E-state index is 0.275. The van der Waals surface area contributed by atoms with Crippen molar-refractivity contribution in [3.63, 3.8) is 0 Å². The summed E-state index contributed by atoms with van der Waals surface area (Å²) in [5, 5.41) is 10.2. The van der Waals surface area contributed by atoms with E-state index in [1.807, 2.05) is 6.07 Å². The SMILES string of the molecule is COC(=O)C1=C(C(=O)OC)N(c2cc(S(=O)(=O)O)ccc2OS(=O)(=O)c2ccccc2)C(N)=C(C#N)C1c1ccccc1. The third-order valence-corrected chi connectivity index (χ3v) is 8.41. The Morgan fingerprint density at radius 1 is 0.884 bits per heavy atom. The molecule has 3 aromatic rings. The number of anilines is 1. The van der Waals surface area contributed by atoms with Crippen LogP contribution in [-0.2, 0) is 39.3 Å². The van der Waals surface area contributed by atoms with Gasteiger partial charge in [0.25, 0.3) is 10.1 Å². The largest absolute Gasteiger partial charge is 0.466 e. The third kappa shape index (κ3) is 5.93. The van der Waals surface area contributed by atoms with Crippen LogP contribution in [0.15, 0.2) is 111 Å². The Hall–Kier alpha value is -5.17. The minimum atomic E-state index is -4.92. The van der Waals surface area contributed by atoms with Gasteiger partial charge in [-0.2, -0.15) is 22.1 Å². The van der Waals surface area contributed by atoms with E-state index >= 15 is 0 Å². The van der Waals surface area contributed by atoms with Gasteiger partial charge in [-0.1, -0.05) is 48.5 Å². The second-order valence-corrected chi connectivity index (χ2v) is 11.8. The van der Waals surface area contributed by atoms with Crippen LogP contribution in [-0.4, -0.2) is 47.5 Å². The summed E-state index contributed by atoms with van der Waals surface area (Å²) in [5.74, 6) is -4.61. The van der Waals surface area contributed by atoms with E-state index in [0.29, 0.717) is 5.56 Å². The average molecular weight is 626 g/mol. The molecule has 1 unspecified atom stereocenters. The van der Waals surface area contributed by atoms with Crippen LogP contribution in [0, 0.1) is 11.3 Å². The van der Waals surface area contributed by atoms with Gasteiger partial charge in [0.05, 0.1) is 47.9 Å². The van der Waals surface area contributed by atoms with Crippen molar-refractivity contribution in [2.75, 3.05) is 19.1 Å². The standard InChI is InChI=1S/C28H23N3O10S2/c1-39-27(32)24-23(17-9-5-3-6-10-17)20(16-29)26(30)31(25(24)28(33)40-2)21-15-19(42(34,35)36)13-14-22(21)41-43(37,38)18-11-7-4-8-12-18/h3-15,23H,30H2,1-2H3,(H,34,35,36). The zero-order chi connectivity index (χ0) is 31.5. The smallest absolute Gasteiger partial charge is 0.355 e. The second kappa shape index (κ2) is 12.0. The molecule has 222 valence electrons. The predicted molar refractivity (Wildman–Crippen MR) is 150 cm³/mol. The molecule has 15 heteroatoms. The molecular weight excluding hydrogens is 602 g/mol. The van der Waals surface area contributed by atoms with Gasteiger partial charge in [0, 0.05) is 0 Å². The van der Waals surface area contributed by atoms with Crippen molar-refractivity contribution in [3.8, 4) is 11.8 Å².